The average molecular weight is 295 g/mol. The Balaban J connectivity index is -0.000000333. The molecule has 0 aromatic rings. The molecule has 1 aliphatic carbocycles. The summed E-state index contributed by atoms with van der Waals surface area (Å²) in [6.45, 7) is 7.21. The minimum absolute atomic E-state index is 0. The van der Waals surface area contributed by atoms with Crippen molar-refractivity contribution in [1.82, 2.24) is 0 Å². The van der Waals surface area contributed by atoms with Crippen molar-refractivity contribution >= 4 is 45.3 Å². The van der Waals surface area contributed by atoms with Crippen LogP contribution >= 0.6 is 37.2 Å². The second-order valence-electron chi connectivity index (χ2n) is 3.75. The first-order chi connectivity index (χ1) is 4.52. The maximum absolute atomic E-state index is 2.40. The molecular formula is C8H16Cl3SiTi. The minimum atomic E-state index is -0.994. The maximum atomic E-state index is 2.40. The third-order valence-electron chi connectivity index (χ3n) is 1.74. The predicted octanol–water partition coefficient (Wildman–Crippen LogP) is 3.89. The molecule has 77 valence electrons. The monoisotopic (exact) mass is 293 g/mol. The molecule has 0 atom stereocenters. The fraction of sp³-hybridized carbons (Fsp3) is 0.500. The molecule has 0 spiro atoms. The zero-order valence-electron chi connectivity index (χ0n) is 8.09. The van der Waals surface area contributed by atoms with Crippen molar-refractivity contribution in [3.63, 3.8) is 0 Å². The van der Waals surface area contributed by atoms with E-state index in [0.29, 0.717) is 0 Å². The molecule has 0 fully saturated rings. The van der Waals surface area contributed by atoms with E-state index in [4.69, 9.17) is 0 Å². The summed E-state index contributed by atoms with van der Waals surface area (Å²) >= 11 is 2.26. The van der Waals surface area contributed by atoms with Crippen LogP contribution < -0.4 is 0 Å². The van der Waals surface area contributed by atoms with Crippen LogP contribution in [-0.4, -0.2) is 8.07 Å². The van der Waals surface area contributed by atoms with Gasteiger partial charge >= 0.3 is 75.8 Å². The van der Waals surface area contributed by atoms with E-state index in [0.717, 1.165) is 0 Å². The van der Waals surface area contributed by atoms with Gasteiger partial charge in [-0.15, -0.1) is 37.2 Å². The molecule has 0 saturated carbocycles. The molecule has 13 heavy (non-hydrogen) atoms. The van der Waals surface area contributed by atoms with E-state index in [1.807, 2.05) is 0 Å². The molecule has 0 bridgehead atoms. The number of halogens is 3. The number of hydrogen-bond donors (Lipinski definition) is 0. The molecule has 0 amide bonds. The van der Waals surface area contributed by atoms with Gasteiger partial charge in [0.2, 0.25) is 0 Å². The van der Waals surface area contributed by atoms with Crippen LogP contribution in [0.15, 0.2) is 21.2 Å². The van der Waals surface area contributed by atoms with Gasteiger partial charge < -0.3 is 0 Å². The van der Waals surface area contributed by atoms with Gasteiger partial charge in [0, 0.05) is 0 Å². The maximum Gasteiger partial charge on any atom is -0.147 e. The van der Waals surface area contributed by atoms with E-state index in [1.54, 1.807) is 9.07 Å². The Morgan fingerprint density at radius 1 is 1.15 bits per heavy atom. The van der Waals surface area contributed by atoms with Crippen molar-refractivity contribution < 1.29 is 20.4 Å². The van der Waals surface area contributed by atoms with E-state index in [9.17, 15) is 0 Å². The van der Waals surface area contributed by atoms with Crippen molar-refractivity contribution in [2.45, 2.75) is 26.1 Å². The van der Waals surface area contributed by atoms with E-state index in [1.165, 1.54) is 6.42 Å². The Hall–Kier alpha value is 1.28. The summed E-state index contributed by atoms with van der Waals surface area (Å²) in [6.07, 6.45) is 5.80. The first-order valence-electron chi connectivity index (χ1n) is 3.63. The normalized spacial score (nSPS) is 14.3. The fourth-order valence-electron chi connectivity index (χ4n) is 1.21. The zero-order chi connectivity index (χ0) is 7.78. The fourth-order valence-corrected chi connectivity index (χ4v) is 4.90. The Morgan fingerprint density at radius 3 is 1.77 bits per heavy atom. The first kappa shape index (κ1) is 19.8. The van der Waals surface area contributed by atoms with Crippen LogP contribution in [0, 0.1) is 0 Å². The van der Waals surface area contributed by atoms with Gasteiger partial charge in [-0.2, -0.15) is 0 Å². The Bertz CT molecular complexity index is 206. The Kier molecular flexibility index (Phi) is 11.5. The summed E-state index contributed by atoms with van der Waals surface area (Å²) in [7, 11) is -0.994. The second kappa shape index (κ2) is 7.56. The summed E-state index contributed by atoms with van der Waals surface area (Å²) in [6, 6.07) is 0. The molecule has 1 aliphatic rings. The average Bonchev–Trinajstić information content (AvgIpc) is 2.11. The summed E-state index contributed by atoms with van der Waals surface area (Å²) < 4.78 is 1.60. The number of rotatable bonds is 1. The molecule has 0 aromatic heterocycles. The van der Waals surface area contributed by atoms with Gasteiger partial charge in [-0.1, -0.05) is 0 Å². The smallest absolute Gasteiger partial charge is 0.147 e. The van der Waals surface area contributed by atoms with Gasteiger partial charge in [0.05, 0.1) is 0 Å². The van der Waals surface area contributed by atoms with Crippen molar-refractivity contribution in [2.75, 3.05) is 0 Å². The van der Waals surface area contributed by atoms with Gasteiger partial charge in [-0.25, -0.2) is 0 Å². The van der Waals surface area contributed by atoms with Crippen LogP contribution in [-0.2, 0) is 20.4 Å². The third kappa shape index (κ3) is 5.66. The van der Waals surface area contributed by atoms with Crippen LogP contribution in [0.2, 0.25) is 19.6 Å². The minimum Gasteiger partial charge on any atom is -0.147 e. The van der Waals surface area contributed by atoms with Crippen molar-refractivity contribution in [1.29, 1.82) is 0 Å². The van der Waals surface area contributed by atoms with Gasteiger partial charge in [0.15, 0.2) is 0 Å². The van der Waals surface area contributed by atoms with Crippen molar-refractivity contribution in [2.24, 2.45) is 0 Å². The summed E-state index contributed by atoms with van der Waals surface area (Å²) in [5.41, 5.74) is 0. The molecule has 0 radical (unpaired) electrons. The van der Waals surface area contributed by atoms with E-state index < -0.39 is 8.07 Å². The molecule has 0 aromatic carbocycles. The third-order valence-corrected chi connectivity index (χ3v) is 4.95. The standard InChI is InChI=1S/C8H13Si.3ClH.Ti/c1-9(2,3)8-6-4-5-7-8;;;;/h4,6H,5H2,1-3H3;3*1H;. The van der Waals surface area contributed by atoms with Crippen LogP contribution in [0.5, 0.6) is 0 Å². The zero-order valence-corrected chi connectivity index (χ0v) is 13.1. The molecule has 0 nitrogen and oxygen atoms in total. The molecular weight excluding hydrogens is 278 g/mol. The van der Waals surface area contributed by atoms with Gasteiger partial charge in [0.25, 0.3) is 0 Å². The Morgan fingerprint density at radius 2 is 1.62 bits per heavy atom. The van der Waals surface area contributed by atoms with Gasteiger partial charge in [-0.05, 0) is 0 Å². The van der Waals surface area contributed by atoms with Crippen molar-refractivity contribution in [3.8, 4) is 0 Å². The van der Waals surface area contributed by atoms with Crippen LogP contribution in [0.1, 0.15) is 6.42 Å². The number of allylic oxidation sites excluding steroid dienone is 4. The molecule has 1 rings (SSSR count). The van der Waals surface area contributed by atoms with Crippen LogP contribution in [0.25, 0.3) is 0 Å². The predicted molar refractivity (Wildman–Crippen MR) is 65.9 cm³/mol. The molecule has 0 unspecified atom stereocenters. The summed E-state index contributed by atoms with van der Waals surface area (Å²) in [5.74, 6) is 0. The second-order valence-corrected chi connectivity index (χ2v) is 9.73. The number of hydrogen-bond acceptors (Lipinski definition) is 0. The van der Waals surface area contributed by atoms with E-state index in [-0.39, 0.29) is 37.2 Å². The molecule has 5 heteroatoms. The first-order valence-corrected chi connectivity index (χ1v) is 7.91. The van der Waals surface area contributed by atoms with E-state index in [2.05, 4.69) is 52.2 Å². The molecule has 0 N–H and O–H groups in total. The van der Waals surface area contributed by atoms with Crippen LogP contribution in [0.4, 0.5) is 0 Å². The topological polar surface area (TPSA) is 0 Å². The molecule has 0 heterocycles. The summed E-state index contributed by atoms with van der Waals surface area (Å²) in [5, 5.41) is 1.66. The molecule has 0 aliphatic heterocycles. The van der Waals surface area contributed by atoms with Crippen LogP contribution in [0.3, 0.4) is 0 Å². The Labute approximate surface area is 112 Å². The SMILES string of the molecule is C[Si](C)(C)C1=[C]([Ti])CC=C1.Cl.Cl.Cl. The summed E-state index contributed by atoms with van der Waals surface area (Å²) in [4.78, 5) is 0. The van der Waals surface area contributed by atoms with Gasteiger partial charge in [0.1, 0.15) is 0 Å². The quantitative estimate of drug-likeness (QED) is 0.644. The largest absolute Gasteiger partial charge is 0.147 e. The van der Waals surface area contributed by atoms with Gasteiger partial charge in [-0.3, -0.25) is 0 Å². The van der Waals surface area contributed by atoms with E-state index >= 15 is 0 Å². The molecule has 0 saturated heterocycles. The van der Waals surface area contributed by atoms with Crippen molar-refractivity contribution in [3.05, 3.63) is 21.2 Å².